The van der Waals surface area contributed by atoms with Crippen LogP contribution >= 0.6 is 0 Å². The third-order valence-electron chi connectivity index (χ3n) is 2.70. The van der Waals surface area contributed by atoms with E-state index in [1.54, 1.807) is 14.0 Å². The third kappa shape index (κ3) is 3.51. The molecule has 0 amide bonds. The Hall–Kier alpha value is -1.06. The second kappa shape index (κ2) is 5.87. The van der Waals surface area contributed by atoms with Gasteiger partial charge in [0.05, 0.1) is 19.3 Å². The lowest BCUT2D eigenvalue weighted by Gasteiger charge is -2.15. The number of aliphatic hydroxyl groups excluding tert-OH is 2. The molecule has 0 saturated heterocycles. The highest BCUT2D eigenvalue weighted by molar-refractivity contribution is 5.36. The Kier molecular flexibility index (Phi) is 4.77. The molecular weight excluding hydrogens is 204 g/mol. The first-order chi connectivity index (χ1) is 7.54. The fourth-order valence-corrected chi connectivity index (χ4v) is 1.65. The lowest BCUT2D eigenvalue weighted by molar-refractivity contribution is 0.0264. The summed E-state index contributed by atoms with van der Waals surface area (Å²) in [6.07, 6.45) is -0.116. The van der Waals surface area contributed by atoms with Crippen molar-refractivity contribution in [1.29, 1.82) is 0 Å². The largest absolute Gasteiger partial charge is 0.496 e. The van der Waals surface area contributed by atoms with Crippen LogP contribution < -0.4 is 4.74 Å². The monoisotopic (exact) mass is 224 g/mol. The molecular formula is C13H20O3. The van der Waals surface area contributed by atoms with Crippen molar-refractivity contribution in [2.45, 2.75) is 38.9 Å². The maximum Gasteiger partial charge on any atom is 0.122 e. The minimum absolute atomic E-state index is 0.539. The zero-order valence-electron chi connectivity index (χ0n) is 10.1. The van der Waals surface area contributed by atoms with Crippen LogP contribution in [0.1, 0.15) is 24.5 Å². The Morgan fingerprint density at radius 1 is 1.31 bits per heavy atom. The number of aliphatic hydroxyl groups is 2. The van der Waals surface area contributed by atoms with Crippen molar-refractivity contribution in [2.24, 2.45) is 0 Å². The van der Waals surface area contributed by atoms with E-state index in [4.69, 9.17) is 4.74 Å². The van der Waals surface area contributed by atoms with Gasteiger partial charge >= 0.3 is 0 Å². The molecule has 16 heavy (non-hydrogen) atoms. The van der Waals surface area contributed by atoms with Crippen LogP contribution in [-0.2, 0) is 6.42 Å². The first kappa shape index (κ1) is 13.0. The highest BCUT2D eigenvalue weighted by Gasteiger charge is 2.12. The lowest BCUT2D eigenvalue weighted by Crippen LogP contribution is -2.22. The van der Waals surface area contributed by atoms with E-state index < -0.39 is 12.2 Å². The smallest absolute Gasteiger partial charge is 0.122 e. The Bertz CT molecular complexity index is 334. The van der Waals surface area contributed by atoms with E-state index in [2.05, 4.69) is 0 Å². The average Bonchev–Trinajstić information content (AvgIpc) is 2.25. The predicted molar refractivity (Wildman–Crippen MR) is 63.7 cm³/mol. The zero-order chi connectivity index (χ0) is 12.1. The molecule has 3 heteroatoms. The van der Waals surface area contributed by atoms with Gasteiger partial charge in [0.2, 0.25) is 0 Å². The lowest BCUT2D eigenvalue weighted by atomic mass is 10.0. The van der Waals surface area contributed by atoms with Gasteiger partial charge < -0.3 is 14.9 Å². The van der Waals surface area contributed by atoms with Crippen molar-refractivity contribution in [3.63, 3.8) is 0 Å². The Morgan fingerprint density at radius 2 is 2.00 bits per heavy atom. The van der Waals surface area contributed by atoms with Crippen molar-refractivity contribution in [3.05, 3.63) is 29.3 Å². The van der Waals surface area contributed by atoms with Crippen molar-refractivity contribution >= 4 is 0 Å². The molecule has 0 saturated carbocycles. The number of benzene rings is 1. The third-order valence-corrected chi connectivity index (χ3v) is 2.70. The minimum atomic E-state index is -0.684. The van der Waals surface area contributed by atoms with Gasteiger partial charge in [0.1, 0.15) is 5.75 Å². The molecule has 2 unspecified atom stereocenters. The predicted octanol–water partition coefficient (Wildman–Crippen LogP) is 1.68. The van der Waals surface area contributed by atoms with E-state index >= 15 is 0 Å². The normalized spacial score (nSPS) is 14.6. The summed E-state index contributed by atoms with van der Waals surface area (Å²) in [5.41, 5.74) is 2.24. The van der Waals surface area contributed by atoms with Crippen LogP contribution in [0.4, 0.5) is 0 Å². The maximum atomic E-state index is 9.53. The molecule has 0 radical (unpaired) electrons. The SMILES string of the molecule is COc1ccc(C)cc1CCC(O)C(C)O. The Morgan fingerprint density at radius 3 is 2.56 bits per heavy atom. The van der Waals surface area contributed by atoms with Crippen LogP contribution in [0.25, 0.3) is 0 Å². The van der Waals surface area contributed by atoms with Crippen LogP contribution in [0.15, 0.2) is 18.2 Å². The van der Waals surface area contributed by atoms with Gasteiger partial charge in [-0.15, -0.1) is 0 Å². The highest BCUT2D eigenvalue weighted by atomic mass is 16.5. The summed E-state index contributed by atoms with van der Waals surface area (Å²) in [4.78, 5) is 0. The van der Waals surface area contributed by atoms with Gasteiger partial charge in [0.25, 0.3) is 0 Å². The molecule has 2 N–H and O–H groups in total. The molecule has 90 valence electrons. The average molecular weight is 224 g/mol. The number of methoxy groups -OCH3 is 1. The Balaban J connectivity index is 2.68. The molecule has 1 aromatic rings. The van der Waals surface area contributed by atoms with Crippen LogP contribution in [0.2, 0.25) is 0 Å². The van der Waals surface area contributed by atoms with E-state index in [0.717, 1.165) is 11.3 Å². The second-order valence-corrected chi connectivity index (χ2v) is 4.16. The van der Waals surface area contributed by atoms with Gasteiger partial charge in [-0.1, -0.05) is 17.7 Å². The summed E-state index contributed by atoms with van der Waals surface area (Å²) in [5.74, 6) is 0.836. The van der Waals surface area contributed by atoms with Crippen LogP contribution in [0, 0.1) is 6.92 Å². The summed E-state index contributed by atoms with van der Waals surface area (Å²) in [6.45, 7) is 3.62. The van der Waals surface area contributed by atoms with Crippen LogP contribution in [-0.4, -0.2) is 29.5 Å². The standard InChI is InChI=1S/C13H20O3/c1-9-4-7-13(16-3)11(8-9)5-6-12(15)10(2)14/h4,7-8,10,12,14-15H,5-6H2,1-3H3. The zero-order valence-corrected chi connectivity index (χ0v) is 10.1. The van der Waals surface area contributed by atoms with Crippen LogP contribution in [0.5, 0.6) is 5.75 Å². The molecule has 2 atom stereocenters. The van der Waals surface area contributed by atoms with Gasteiger partial charge in [0, 0.05) is 0 Å². The number of hydrogen-bond acceptors (Lipinski definition) is 3. The fraction of sp³-hybridized carbons (Fsp3) is 0.538. The molecule has 0 heterocycles. The molecule has 0 spiro atoms. The molecule has 0 bridgehead atoms. The summed E-state index contributed by atoms with van der Waals surface area (Å²) in [7, 11) is 1.64. The molecule has 0 aliphatic rings. The second-order valence-electron chi connectivity index (χ2n) is 4.16. The fourth-order valence-electron chi connectivity index (χ4n) is 1.65. The molecule has 0 aliphatic carbocycles. The van der Waals surface area contributed by atoms with E-state index in [0.29, 0.717) is 12.8 Å². The molecule has 0 aliphatic heterocycles. The first-order valence-electron chi connectivity index (χ1n) is 5.54. The molecule has 0 fully saturated rings. The van der Waals surface area contributed by atoms with Crippen LogP contribution in [0.3, 0.4) is 0 Å². The molecule has 1 aromatic carbocycles. The van der Waals surface area contributed by atoms with E-state index in [9.17, 15) is 10.2 Å². The van der Waals surface area contributed by atoms with Gasteiger partial charge in [-0.05, 0) is 38.3 Å². The Labute approximate surface area is 96.7 Å². The highest BCUT2D eigenvalue weighted by Crippen LogP contribution is 2.21. The van der Waals surface area contributed by atoms with E-state index in [-0.39, 0.29) is 0 Å². The molecule has 1 rings (SSSR count). The summed E-state index contributed by atoms with van der Waals surface area (Å²) in [6, 6.07) is 5.97. The minimum Gasteiger partial charge on any atom is -0.496 e. The first-order valence-corrected chi connectivity index (χ1v) is 5.54. The number of ether oxygens (including phenoxy) is 1. The van der Waals surface area contributed by atoms with E-state index in [1.807, 2.05) is 25.1 Å². The quantitative estimate of drug-likeness (QED) is 0.800. The summed E-state index contributed by atoms with van der Waals surface area (Å²) >= 11 is 0. The van der Waals surface area contributed by atoms with Gasteiger partial charge in [-0.2, -0.15) is 0 Å². The van der Waals surface area contributed by atoms with Gasteiger partial charge in [-0.25, -0.2) is 0 Å². The summed E-state index contributed by atoms with van der Waals surface area (Å²) in [5, 5.41) is 18.7. The van der Waals surface area contributed by atoms with E-state index in [1.165, 1.54) is 5.56 Å². The van der Waals surface area contributed by atoms with Crippen molar-refractivity contribution in [2.75, 3.05) is 7.11 Å². The van der Waals surface area contributed by atoms with Crippen molar-refractivity contribution in [1.82, 2.24) is 0 Å². The van der Waals surface area contributed by atoms with Crippen molar-refractivity contribution < 1.29 is 14.9 Å². The van der Waals surface area contributed by atoms with Crippen molar-refractivity contribution in [3.8, 4) is 5.75 Å². The molecule has 3 nitrogen and oxygen atoms in total. The topological polar surface area (TPSA) is 49.7 Å². The number of hydrogen-bond donors (Lipinski definition) is 2. The molecule has 0 aromatic heterocycles. The maximum absolute atomic E-state index is 9.53. The van der Waals surface area contributed by atoms with Gasteiger partial charge in [0.15, 0.2) is 0 Å². The number of aryl methyl sites for hydroxylation is 2. The van der Waals surface area contributed by atoms with Gasteiger partial charge in [-0.3, -0.25) is 0 Å². The number of rotatable bonds is 5. The summed E-state index contributed by atoms with van der Waals surface area (Å²) < 4.78 is 5.25.